The molecular formula is C17H21Cl2N5O. The topological polar surface area (TPSA) is 63.1 Å². The molecule has 1 N–H and O–H groups in total. The molecule has 1 amide bonds. The standard InChI is InChI=1S/C17H21Cl2N5O/c1-23-10-12(18)7-15(23)16(25)24-6-4-2-3-5-14(11-24)22-17-20-8-13(19)9-21-17/h7-10,14H,2-6,11H2,1H3,(H,20,21,22). The molecular weight excluding hydrogens is 361 g/mol. The number of anilines is 1. The third-order valence-electron chi connectivity index (χ3n) is 4.35. The zero-order chi connectivity index (χ0) is 17.8. The summed E-state index contributed by atoms with van der Waals surface area (Å²) >= 11 is 11.9. The second-order valence-electron chi connectivity index (χ2n) is 6.32. The van der Waals surface area contributed by atoms with Gasteiger partial charge in [-0.1, -0.05) is 36.0 Å². The van der Waals surface area contributed by atoms with Crippen molar-refractivity contribution >= 4 is 35.1 Å². The molecule has 3 heterocycles. The van der Waals surface area contributed by atoms with Crippen molar-refractivity contribution in [3.63, 3.8) is 0 Å². The SMILES string of the molecule is Cn1cc(Cl)cc1C(=O)N1CCCCCC(Nc2ncc(Cl)cn2)C1. The highest BCUT2D eigenvalue weighted by molar-refractivity contribution is 6.31. The van der Waals surface area contributed by atoms with Crippen molar-refractivity contribution in [2.45, 2.75) is 31.7 Å². The number of rotatable bonds is 3. The van der Waals surface area contributed by atoms with Crippen molar-refractivity contribution in [1.29, 1.82) is 0 Å². The number of halogens is 2. The minimum Gasteiger partial charge on any atom is -0.350 e. The van der Waals surface area contributed by atoms with Gasteiger partial charge in [0.1, 0.15) is 5.69 Å². The Bertz CT molecular complexity index is 731. The van der Waals surface area contributed by atoms with E-state index >= 15 is 0 Å². The maximum atomic E-state index is 12.9. The largest absolute Gasteiger partial charge is 0.350 e. The van der Waals surface area contributed by atoms with Gasteiger partial charge in [-0.15, -0.1) is 0 Å². The Morgan fingerprint density at radius 2 is 1.96 bits per heavy atom. The summed E-state index contributed by atoms with van der Waals surface area (Å²) in [7, 11) is 1.83. The summed E-state index contributed by atoms with van der Waals surface area (Å²) in [6.45, 7) is 1.34. The van der Waals surface area contributed by atoms with E-state index in [2.05, 4.69) is 15.3 Å². The maximum absolute atomic E-state index is 12.9. The summed E-state index contributed by atoms with van der Waals surface area (Å²) in [6.07, 6.45) is 9.05. The Balaban J connectivity index is 1.73. The first-order valence-electron chi connectivity index (χ1n) is 8.38. The Kier molecular flexibility index (Phi) is 5.81. The fraction of sp³-hybridized carbons (Fsp3) is 0.471. The molecule has 1 atom stereocenters. The van der Waals surface area contributed by atoms with Gasteiger partial charge >= 0.3 is 0 Å². The van der Waals surface area contributed by atoms with Crippen molar-refractivity contribution in [2.75, 3.05) is 18.4 Å². The monoisotopic (exact) mass is 381 g/mol. The molecule has 2 aromatic heterocycles. The second kappa shape index (κ2) is 8.06. The van der Waals surface area contributed by atoms with Crippen molar-refractivity contribution in [3.8, 4) is 0 Å². The van der Waals surface area contributed by atoms with Gasteiger partial charge < -0.3 is 14.8 Å². The number of carbonyl (C=O) groups is 1. The van der Waals surface area contributed by atoms with Crippen LogP contribution >= 0.6 is 23.2 Å². The number of nitrogens with zero attached hydrogens (tertiary/aromatic N) is 4. The third-order valence-corrected chi connectivity index (χ3v) is 4.75. The molecule has 1 aliphatic heterocycles. The highest BCUT2D eigenvalue weighted by Crippen LogP contribution is 2.19. The van der Waals surface area contributed by atoms with Crippen LogP contribution in [0.4, 0.5) is 5.95 Å². The number of likely N-dealkylation sites (tertiary alicyclic amines) is 1. The lowest BCUT2D eigenvalue weighted by molar-refractivity contribution is 0.0726. The molecule has 0 aromatic carbocycles. The first kappa shape index (κ1) is 18.0. The van der Waals surface area contributed by atoms with E-state index in [1.54, 1.807) is 29.2 Å². The second-order valence-corrected chi connectivity index (χ2v) is 7.19. The Labute approximate surface area is 157 Å². The van der Waals surface area contributed by atoms with E-state index in [1.165, 1.54) is 0 Å². The molecule has 0 aliphatic carbocycles. The average Bonchev–Trinajstić information content (AvgIpc) is 2.90. The molecule has 2 aromatic rings. The molecule has 6 nitrogen and oxygen atoms in total. The first-order valence-corrected chi connectivity index (χ1v) is 9.14. The Morgan fingerprint density at radius 3 is 2.64 bits per heavy atom. The summed E-state index contributed by atoms with van der Waals surface area (Å²) in [5, 5.41) is 4.40. The van der Waals surface area contributed by atoms with Gasteiger partial charge in [-0.2, -0.15) is 0 Å². The van der Waals surface area contributed by atoms with Crippen LogP contribution in [0.2, 0.25) is 10.0 Å². The summed E-state index contributed by atoms with van der Waals surface area (Å²) in [6, 6.07) is 1.81. The number of hydrogen-bond acceptors (Lipinski definition) is 4. The fourth-order valence-electron chi connectivity index (χ4n) is 3.09. The third kappa shape index (κ3) is 4.64. The quantitative estimate of drug-likeness (QED) is 0.881. The van der Waals surface area contributed by atoms with Crippen LogP contribution in [0, 0.1) is 0 Å². The van der Waals surface area contributed by atoms with Gasteiger partial charge in [-0.3, -0.25) is 4.79 Å². The number of carbonyl (C=O) groups excluding carboxylic acids is 1. The van der Waals surface area contributed by atoms with Crippen molar-refractivity contribution in [1.82, 2.24) is 19.4 Å². The van der Waals surface area contributed by atoms with Crippen LogP contribution in [-0.2, 0) is 7.05 Å². The molecule has 1 unspecified atom stereocenters. The van der Waals surface area contributed by atoms with Gasteiger partial charge in [0.05, 0.1) is 22.4 Å². The van der Waals surface area contributed by atoms with Gasteiger partial charge in [0.25, 0.3) is 5.91 Å². The number of amides is 1. The van der Waals surface area contributed by atoms with Gasteiger partial charge in [-0.05, 0) is 18.9 Å². The average molecular weight is 382 g/mol. The van der Waals surface area contributed by atoms with Crippen LogP contribution in [0.3, 0.4) is 0 Å². The summed E-state index contributed by atoms with van der Waals surface area (Å²) in [5.41, 5.74) is 0.604. The normalized spacial score (nSPS) is 18.5. The highest BCUT2D eigenvalue weighted by atomic mass is 35.5. The lowest BCUT2D eigenvalue weighted by Crippen LogP contribution is -2.43. The van der Waals surface area contributed by atoms with Gasteiger partial charge in [0, 0.05) is 32.4 Å². The molecule has 3 rings (SSSR count). The summed E-state index contributed by atoms with van der Waals surface area (Å²) < 4.78 is 1.77. The van der Waals surface area contributed by atoms with Crippen LogP contribution in [0.15, 0.2) is 24.7 Å². The van der Waals surface area contributed by atoms with E-state index in [0.29, 0.717) is 28.2 Å². The molecule has 0 spiro atoms. The maximum Gasteiger partial charge on any atom is 0.270 e. The zero-order valence-electron chi connectivity index (χ0n) is 14.1. The van der Waals surface area contributed by atoms with E-state index < -0.39 is 0 Å². The molecule has 25 heavy (non-hydrogen) atoms. The van der Waals surface area contributed by atoms with Crippen molar-refractivity contribution < 1.29 is 4.79 Å². The molecule has 134 valence electrons. The van der Waals surface area contributed by atoms with E-state index in [4.69, 9.17) is 23.2 Å². The number of nitrogens with one attached hydrogen (secondary N) is 1. The van der Waals surface area contributed by atoms with Crippen LogP contribution in [0.25, 0.3) is 0 Å². The van der Waals surface area contributed by atoms with E-state index in [0.717, 1.165) is 32.2 Å². The lowest BCUT2D eigenvalue weighted by Gasteiger charge is -2.30. The van der Waals surface area contributed by atoms with Crippen LogP contribution < -0.4 is 5.32 Å². The molecule has 1 aliphatic rings. The smallest absolute Gasteiger partial charge is 0.270 e. The predicted molar refractivity (Wildman–Crippen MR) is 99.2 cm³/mol. The molecule has 1 saturated heterocycles. The summed E-state index contributed by atoms with van der Waals surface area (Å²) in [5.74, 6) is 0.532. The minimum absolute atomic E-state index is 0.000115. The molecule has 1 fully saturated rings. The Hall–Kier alpha value is -1.79. The van der Waals surface area contributed by atoms with Gasteiger partial charge in [0.15, 0.2) is 0 Å². The minimum atomic E-state index is 0.000115. The van der Waals surface area contributed by atoms with Crippen LogP contribution in [-0.4, -0.2) is 44.5 Å². The van der Waals surface area contributed by atoms with Crippen LogP contribution in [0.5, 0.6) is 0 Å². The zero-order valence-corrected chi connectivity index (χ0v) is 15.6. The highest BCUT2D eigenvalue weighted by Gasteiger charge is 2.24. The van der Waals surface area contributed by atoms with Gasteiger partial charge in [-0.25, -0.2) is 9.97 Å². The van der Waals surface area contributed by atoms with E-state index in [1.807, 2.05) is 11.9 Å². The predicted octanol–water partition coefficient (Wildman–Crippen LogP) is 3.62. The molecule has 0 saturated carbocycles. The van der Waals surface area contributed by atoms with Crippen LogP contribution in [0.1, 0.15) is 36.2 Å². The fourth-order valence-corrected chi connectivity index (χ4v) is 3.44. The van der Waals surface area contributed by atoms with Crippen molar-refractivity contribution in [2.24, 2.45) is 7.05 Å². The van der Waals surface area contributed by atoms with Crippen molar-refractivity contribution in [3.05, 3.63) is 40.4 Å². The summed E-state index contributed by atoms with van der Waals surface area (Å²) in [4.78, 5) is 23.2. The first-order chi connectivity index (χ1) is 12.0. The molecule has 0 bridgehead atoms. The van der Waals surface area contributed by atoms with E-state index in [-0.39, 0.29) is 11.9 Å². The Morgan fingerprint density at radius 1 is 1.20 bits per heavy atom. The van der Waals surface area contributed by atoms with Gasteiger partial charge in [0.2, 0.25) is 5.95 Å². The molecule has 8 heteroatoms. The number of aryl methyl sites for hydroxylation is 1. The molecule has 0 radical (unpaired) electrons. The number of hydrogen-bond donors (Lipinski definition) is 1. The van der Waals surface area contributed by atoms with E-state index in [9.17, 15) is 4.79 Å². The number of aromatic nitrogens is 3. The lowest BCUT2D eigenvalue weighted by atomic mass is 10.0.